The lowest BCUT2D eigenvalue weighted by Gasteiger charge is -2.08. The van der Waals surface area contributed by atoms with Crippen LogP contribution in [0.25, 0.3) is 0 Å². The predicted octanol–water partition coefficient (Wildman–Crippen LogP) is 3.64. The Balaban J connectivity index is 0.000000204. The van der Waals surface area contributed by atoms with Crippen molar-refractivity contribution in [3.8, 4) is 0 Å². The van der Waals surface area contributed by atoms with Crippen LogP contribution < -0.4 is 0 Å². The first-order valence-corrected chi connectivity index (χ1v) is 7.48. The lowest BCUT2D eigenvalue weighted by atomic mass is 10.2. The second-order valence-electron chi connectivity index (χ2n) is 5.90. The topological polar surface area (TPSA) is 35.6 Å². The van der Waals surface area contributed by atoms with Gasteiger partial charge in [0.25, 0.3) is 0 Å². The van der Waals surface area contributed by atoms with Crippen molar-refractivity contribution in [2.75, 3.05) is 0 Å². The standard InChI is InChI=1S/C9H16N2.C7H12N2/c1-4-9-10-5-6-11(9)7-8(2)3;1-7(2)5-9-4-3-8-6-9/h5-6,8H,4,7H2,1-3H3;3-4,6-7H,5H2,1-2H3. The van der Waals surface area contributed by atoms with Gasteiger partial charge in [-0.15, -0.1) is 0 Å². The number of aromatic nitrogens is 4. The van der Waals surface area contributed by atoms with Crippen molar-refractivity contribution in [3.63, 3.8) is 0 Å². The van der Waals surface area contributed by atoms with Crippen LogP contribution in [0.5, 0.6) is 0 Å². The molecule has 0 saturated carbocycles. The number of imidazole rings is 2. The van der Waals surface area contributed by atoms with Crippen molar-refractivity contribution in [2.24, 2.45) is 11.8 Å². The Morgan fingerprint density at radius 3 is 2.20 bits per heavy atom. The maximum atomic E-state index is 4.25. The average molecular weight is 276 g/mol. The summed E-state index contributed by atoms with van der Waals surface area (Å²) in [6, 6.07) is 0. The zero-order chi connectivity index (χ0) is 15.0. The zero-order valence-electron chi connectivity index (χ0n) is 13.5. The van der Waals surface area contributed by atoms with E-state index in [-0.39, 0.29) is 0 Å². The Hall–Kier alpha value is -1.58. The van der Waals surface area contributed by atoms with E-state index in [0.29, 0.717) is 11.8 Å². The van der Waals surface area contributed by atoms with E-state index in [2.05, 4.69) is 59.9 Å². The molecule has 20 heavy (non-hydrogen) atoms. The molecule has 2 heterocycles. The fourth-order valence-corrected chi connectivity index (χ4v) is 2.03. The van der Waals surface area contributed by atoms with Gasteiger partial charge in [0.05, 0.1) is 6.33 Å². The monoisotopic (exact) mass is 276 g/mol. The van der Waals surface area contributed by atoms with Gasteiger partial charge >= 0.3 is 0 Å². The lowest BCUT2D eigenvalue weighted by Crippen LogP contribution is -2.06. The molecule has 4 heteroatoms. The second kappa shape index (κ2) is 8.56. The smallest absolute Gasteiger partial charge is 0.108 e. The normalized spacial score (nSPS) is 10.8. The van der Waals surface area contributed by atoms with Crippen LogP contribution >= 0.6 is 0 Å². The molecule has 0 aliphatic rings. The molecule has 2 rings (SSSR count). The van der Waals surface area contributed by atoms with E-state index in [1.54, 1.807) is 0 Å². The maximum absolute atomic E-state index is 4.25. The highest BCUT2D eigenvalue weighted by atomic mass is 15.1. The van der Waals surface area contributed by atoms with Gasteiger partial charge in [0.2, 0.25) is 0 Å². The van der Waals surface area contributed by atoms with Crippen molar-refractivity contribution in [1.82, 2.24) is 19.1 Å². The molecule has 0 spiro atoms. The molecule has 0 amide bonds. The minimum Gasteiger partial charge on any atom is -0.337 e. The summed E-state index contributed by atoms with van der Waals surface area (Å²) in [5.41, 5.74) is 0. The fraction of sp³-hybridized carbons (Fsp3) is 0.625. The van der Waals surface area contributed by atoms with Gasteiger partial charge in [-0.1, -0.05) is 34.6 Å². The highest BCUT2D eigenvalue weighted by Crippen LogP contribution is 2.03. The summed E-state index contributed by atoms with van der Waals surface area (Å²) in [5.74, 6) is 2.60. The van der Waals surface area contributed by atoms with Gasteiger partial charge in [0.15, 0.2) is 0 Å². The third-order valence-corrected chi connectivity index (χ3v) is 2.81. The Bertz CT molecular complexity index is 455. The molecule has 0 radical (unpaired) electrons. The van der Waals surface area contributed by atoms with Crippen LogP contribution in [0.4, 0.5) is 0 Å². The molecule has 0 aromatic carbocycles. The van der Waals surface area contributed by atoms with Crippen molar-refractivity contribution in [2.45, 2.75) is 54.1 Å². The summed E-state index contributed by atoms with van der Waals surface area (Å²) in [4.78, 5) is 8.19. The molecular formula is C16H28N4. The molecule has 0 aliphatic carbocycles. The molecular weight excluding hydrogens is 248 g/mol. The van der Waals surface area contributed by atoms with Crippen LogP contribution in [0.2, 0.25) is 0 Å². The van der Waals surface area contributed by atoms with Crippen molar-refractivity contribution < 1.29 is 0 Å². The zero-order valence-corrected chi connectivity index (χ0v) is 13.5. The van der Waals surface area contributed by atoms with Crippen molar-refractivity contribution >= 4 is 0 Å². The first-order valence-electron chi connectivity index (χ1n) is 7.48. The van der Waals surface area contributed by atoms with Crippen LogP contribution in [0.3, 0.4) is 0 Å². The minimum absolute atomic E-state index is 0.703. The minimum atomic E-state index is 0.703. The average Bonchev–Trinajstić information content (AvgIpc) is 2.99. The number of hydrogen-bond donors (Lipinski definition) is 0. The number of rotatable bonds is 5. The SMILES string of the molecule is CC(C)Cn1ccnc1.CCc1nccn1CC(C)C. The van der Waals surface area contributed by atoms with E-state index in [1.165, 1.54) is 5.82 Å². The summed E-state index contributed by atoms with van der Waals surface area (Å²) in [6.45, 7) is 13.1. The van der Waals surface area contributed by atoms with Crippen molar-refractivity contribution in [1.29, 1.82) is 0 Å². The number of aryl methyl sites for hydroxylation is 1. The molecule has 112 valence electrons. The summed E-state index contributed by atoms with van der Waals surface area (Å²) < 4.78 is 4.31. The van der Waals surface area contributed by atoms with E-state index in [4.69, 9.17) is 0 Å². The van der Waals surface area contributed by atoms with Gasteiger partial charge in [0, 0.05) is 44.3 Å². The van der Waals surface area contributed by atoms with Crippen LogP contribution in [-0.4, -0.2) is 19.1 Å². The van der Waals surface area contributed by atoms with E-state index in [9.17, 15) is 0 Å². The first-order chi connectivity index (χ1) is 9.52. The molecule has 0 fully saturated rings. The molecule has 0 unspecified atom stereocenters. The van der Waals surface area contributed by atoms with Crippen LogP contribution in [0.15, 0.2) is 31.1 Å². The van der Waals surface area contributed by atoms with E-state index < -0.39 is 0 Å². The molecule has 4 nitrogen and oxygen atoms in total. The third-order valence-electron chi connectivity index (χ3n) is 2.81. The van der Waals surface area contributed by atoms with E-state index in [1.807, 2.05) is 24.9 Å². The maximum Gasteiger partial charge on any atom is 0.108 e. The van der Waals surface area contributed by atoms with Gasteiger partial charge in [0.1, 0.15) is 5.82 Å². The van der Waals surface area contributed by atoms with Gasteiger partial charge in [-0.05, 0) is 11.8 Å². The van der Waals surface area contributed by atoms with E-state index in [0.717, 1.165) is 19.5 Å². The van der Waals surface area contributed by atoms with Crippen LogP contribution in [0, 0.1) is 11.8 Å². The molecule has 0 bridgehead atoms. The van der Waals surface area contributed by atoms with Gasteiger partial charge in [-0.3, -0.25) is 0 Å². The number of hydrogen-bond acceptors (Lipinski definition) is 2. The van der Waals surface area contributed by atoms with Crippen molar-refractivity contribution in [3.05, 3.63) is 36.9 Å². The third kappa shape index (κ3) is 6.04. The highest BCUT2D eigenvalue weighted by molar-refractivity contribution is 4.91. The predicted molar refractivity (Wildman–Crippen MR) is 83.5 cm³/mol. The van der Waals surface area contributed by atoms with E-state index >= 15 is 0 Å². The summed E-state index contributed by atoms with van der Waals surface area (Å²) in [7, 11) is 0. The fourth-order valence-electron chi connectivity index (χ4n) is 2.03. The summed E-state index contributed by atoms with van der Waals surface area (Å²) in [6.07, 6.45) is 10.6. The van der Waals surface area contributed by atoms with Crippen LogP contribution in [0.1, 0.15) is 40.4 Å². The molecule has 0 aliphatic heterocycles. The van der Waals surface area contributed by atoms with Gasteiger partial charge < -0.3 is 9.13 Å². The second-order valence-corrected chi connectivity index (χ2v) is 5.90. The van der Waals surface area contributed by atoms with Gasteiger partial charge in [-0.2, -0.15) is 0 Å². The number of nitrogens with zero attached hydrogens (tertiary/aromatic N) is 4. The molecule has 0 atom stereocenters. The summed E-state index contributed by atoms with van der Waals surface area (Å²) in [5, 5.41) is 0. The lowest BCUT2D eigenvalue weighted by molar-refractivity contribution is 0.508. The Labute approximate surface area is 122 Å². The first kappa shape index (κ1) is 16.5. The largest absolute Gasteiger partial charge is 0.337 e. The van der Waals surface area contributed by atoms with Gasteiger partial charge in [-0.25, -0.2) is 9.97 Å². The quantitative estimate of drug-likeness (QED) is 0.836. The van der Waals surface area contributed by atoms with Crippen LogP contribution in [-0.2, 0) is 19.5 Å². The Morgan fingerprint density at radius 1 is 1.00 bits per heavy atom. The Kier molecular flexibility index (Phi) is 7.05. The highest BCUT2D eigenvalue weighted by Gasteiger charge is 2.00. The molecule has 2 aromatic heterocycles. The molecule has 0 saturated heterocycles. The summed E-state index contributed by atoms with van der Waals surface area (Å²) >= 11 is 0. The Morgan fingerprint density at radius 2 is 1.70 bits per heavy atom. The molecule has 0 N–H and O–H groups in total. The molecule has 2 aromatic rings.